The van der Waals surface area contributed by atoms with E-state index in [2.05, 4.69) is 11.9 Å². The molecule has 1 aromatic carbocycles. The molecule has 2 aromatic rings. The van der Waals surface area contributed by atoms with Crippen LogP contribution in [0.5, 0.6) is 0 Å². The highest BCUT2D eigenvalue weighted by atomic mass is 32.1. The van der Waals surface area contributed by atoms with Crippen molar-refractivity contribution >= 4 is 35.3 Å². The monoisotopic (exact) mass is 305 g/mol. The maximum atomic E-state index is 12.0. The number of rotatable bonds is 4. The van der Waals surface area contributed by atoms with Crippen molar-refractivity contribution in [3.05, 3.63) is 51.3 Å². The molecule has 0 atom stereocenters. The van der Waals surface area contributed by atoms with E-state index in [1.54, 1.807) is 10.6 Å². The highest BCUT2D eigenvalue weighted by Gasteiger charge is 2.17. The largest absolute Gasteiger partial charge is 0.383 e. The van der Waals surface area contributed by atoms with E-state index in [-0.39, 0.29) is 5.91 Å². The van der Waals surface area contributed by atoms with E-state index in [1.807, 2.05) is 31.2 Å². The first-order valence-corrected chi connectivity index (χ1v) is 7.24. The van der Waals surface area contributed by atoms with Crippen molar-refractivity contribution in [2.24, 2.45) is 0 Å². The second kappa shape index (κ2) is 6.02. The third-order valence-corrected chi connectivity index (χ3v) is 4.14. The topological polar surface area (TPSA) is 60.0 Å². The Hall–Kier alpha value is -1.92. The fraction of sp³-hybridized carbons (Fsp3) is 0.143. The Bertz CT molecular complexity index is 698. The lowest BCUT2D eigenvalue weighted by Gasteiger charge is -2.06. The van der Waals surface area contributed by atoms with E-state index < -0.39 is 0 Å². The molecule has 2 rings (SSSR count). The Labute approximate surface area is 126 Å². The number of anilines is 1. The first kappa shape index (κ1) is 14.5. The van der Waals surface area contributed by atoms with Crippen LogP contribution in [-0.2, 0) is 0 Å². The van der Waals surface area contributed by atoms with Gasteiger partial charge in [-0.2, -0.15) is 0 Å². The number of carbonyl (C=O) groups is 1. The molecule has 1 amide bonds. The Morgan fingerprint density at radius 3 is 2.75 bits per heavy atom. The van der Waals surface area contributed by atoms with Gasteiger partial charge >= 0.3 is 0 Å². The maximum Gasteiger partial charge on any atom is 0.265 e. The molecule has 6 heteroatoms. The lowest BCUT2D eigenvalue weighted by Crippen LogP contribution is -2.23. The molecule has 0 saturated heterocycles. The third kappa shape index (κ3) is 2.81. The van der Waals surface area contributed by atoms with Crippen LogP contribution in [0.1, 0.15) is 15.2 Å². The zero-order valence-electron chi connectivity index (χ0n) is 11.1. The molecule has 0 saturated carbocycles. The highest BCUT2D eigenvalue weighted by Crippen LogP contribution is 2.26. The molecule has 1 heterocycles. The average Bonchev–Trinajstić information content (AvgIpc) is 2.73. The minimum absolute atomic E-state index is 0.232. The molecule has 20 heavy (non-hydrogen) atoms. The summed E-state index contributed by atoms with van der Waals surface area (Å²) in [5.74, 6) is 0.134. The SMILES string of the molecule is C=CCNC(=O)c1sc(=S)n(-c2ccc(C)cc2)c1N. The zero-order valence-corrected chi connectivity index (χ0v) is 12.7. The van der Waals surface area contributed by atoms with Gasteiger partial charge in [-0.1, -0.05) is 35.1 Å². The summed E-state index contributed by atoms with van der Waals surface area (Å²) >= 11 is 6.51. The Morgan fingerprint density at radius 2 is 2.15 bits per heavy atom. The molecule has 4 nitrogen and oxygen atoms in total. The third-order valence-electron chi connectivity index (χ3n) is 2.75. The van der Waals surface area contributed by atoms with E-state index in [0.29, 0.717) is 21.2 Å². The van der Waals surface area contributed by atoms with Gasteiger partial charge in [0.2, 0.25) is 0 Å². The minimum atomic E-state index is -0.232. The number of nitrogen functional groups attached to an aromatic ring is 1. The van der Waals surface area contributed by atoms with Crippen LogP contribution >= 0.6 is 23.6 Å². The van der Waals surface area contributed by atoms with Gasteiger partial charge in [-0.05, 0) is 31.3 Å². The van der Waals surface area contributed by atoms with Gasteiger partial charge in [0, 0.05) is 12.2 Å². The Balaban J connectivity index is 2.43. The zero-order chi connectivity index (χ0) is 14.7. The van der Waals surface area contributed by atoms with Crippen LogP contribution in [0.15, 0.2) is 36.9 Å². The van der Waals surface area contributed by atoms with Crippen molar-refractivity contribution < 1.29 is 4.79 Å². The summed E-state index contributed by atoms with van der Waals surface area (Å²) in [5.41, 5.74) is 8.08. The second-order valence-corrected chi connectivity index (χ2v) is 5.90. The lowest BCUT2D eigenvalue weighted by molar-refractivity contribution is 0.0962. The fourth-order valence-corrected chi connectivity index (χ4v) is 3.02. The standard InChI is InChI=1S/C14H15N3OS2/c1-3-8-16-13(18)11-12(15)17(14(19)20-11)10-6-4-9(2)5-7-10/h3-7H,1,8,15H2,2H3,(H,16,18). The maximum absolute atomic E-state index is 12.0. The number of nitrogens with zero attached hydrogens (tertiary/aromatic N) is 1. The lowest BCUT2D eigenvalue weighted by atomic mass is 10.2. The summed E-state index contributed by atoms with van der Waals surface area (Å²) in [6.45, 7) is 5.96. The van der Waals surface area contributed by atoms with Crippen molar-refractivity contribution in [1.29, 1.82) is 0 Å². The van der Waals surface area contributed by atoms with Gasteiger partial charge < -0.3 is 11.1 Å². The smallest absolute Gasteiger partial charge is 0.265 e. The molecule has 0 fully saturated rings. The first-order chi connectivity index (χ1) is 9.54. The van der Waals surface area contributed by atoms with Crippen molar-refractivity contribution in [1.82, 2.24) is 9.88 Å². The molecule has 0 aliphatic heterocycles. The molecule has 0 spiro atoms. The van der Waals surface area contributed by atoms with Crippen molar-refractivity contribution in [3.8, 4) is 5.69 Å². The van der Waals surface area contributed by atoms with Crippen LogP contribution in [0.25, 0.3) is 5.69 Å². The number of hydrogen-bond acceptors (Lipinski definition) is 4. The van der Waals surface area contributed by atoms with Gasteiger partial charge in [-0.3, -0.25) is 9.36 Å². The van der Waals surface area contributed by atoms with Crippen LogP contribution in [-0.4, -0.2) is 17.0 Å². The van der Waals surface area contributed by atoms with Gasteiger partial charge in [0.15, 0.2) is 3.95 Å². The van der Waals surface area contributed by atoms with E-state index in [1.165, 1.54) is 11.3 Å². The normalized spacial score (nSPS) is 10.2. The number of hydrogen-bond donors (Lipinski definition) is 2. The van der Waals surface area contributed by atoms with E-state index in [9.17, 15) is 4.79 Å². The number of carbonyl (C=O) groups excluding carboxylic acids is 1. The summed E-state index contributed by atoms with van der Waals surface area (Å²) in [5, 5.41) is 2.70. The molecular formula is C14H15N3OS2. The van der Waals surface area contributed by atoms with Crippen LogP contribution in [0.4, 0.5) is 5.82 Å². The Morgan fingerprint density at radius 1 is 1.50 bits per heavy atom. The molecule has 1 aromatic heterocycles. The van der Waals surface area contributed by atoms with Crippen LogP contribution < -0.4 is 11.1 Å². The van der Waals surface area contributed by atoms with Gasteiger partial charge in [0.25, 0.3) is 5.91 Å². The highest BCUT2D eigenvalue weighted by molar-refractivity contribution is 7.73. The number of nitrogens with two attached hydrogens (primary N) is 1. The summed E-state index contributed by atoms with van der Waals surface area (Å²) < 4.78 is 2.26. The summed E-state index contributed by atoms with van der Waals surface area (Å²) in [6, 6.07) is 7.82. The van der Waals surface area contributed by atoms with Crippen LogP contribution in [0.2, 0.25) is 0 Å². The second-order valence-electron chi connectivity index (χ2n) is 4.25. The molecule has 0 unspecified atom stereocenters. The quantitative estimate of drug-likeness (QED) is 0.674. The van der Waals surface area contributed by atoms with Crippen LogP contribution in [0.3, 0.4) is 0 Å². The van der Waals surface area contributed by atoms with Crippen molar-refractivity contribution in [2.75, 3.05) is 12.3 Å². The average molecular weight is 305 g/mol. The van der Waals surface area contributed by atoms with E-state index >= 15 is 0 Å². The fourth-order valence-electron chi connectivity index (χ4n) is 1.73. The van der Waals surface area contributed by atoms with Crippen molar-refractivity contribution in [2.45, 2.75) is 6.92 Å². The number of thiazole rings is 1. The first-order valence-electron chi connectivity index (χ1n) is 6.02. The number of benzene rings is 1. The number of nitrogens with one attached hydrogen (secondary N) is 1. The van der Waals surface area contributed by atoms with Crippen LogP contribution in [0, 0.1) is 10.9 Å². The summed E-state index contributed by atoms with van der Waals surface area (Å²) in [4.78, 5) is 12.4. The van der Waals surface area contributed by atoms with Gasteiger partial charge in [-0.15, -0.1) is 6.58 Å². The Kier molecular flexibility index (Phi) is 4.36. The van der Waals surface area contributed by atoms with E-state index in [4.69, 9.17) is 18.0 Å². The molecule has 0 radical (unpaired) electrons. The van der Waals surface area contributed by atoms with Crippen molar-refractivity contribution in [3.63, 3.8) is 0 Å². The summed E-state index contributed by atoms with van der Waals surface area (Å²) in [7, 11) is 0. The molecule has 0 aliphatic rings. The molecular weight excluding hydrogens is 290 g/mol. The molecule has 3 N–H and O–H groups in total. The molecule has 0 aliphatic carbocycles. The number of amides is 1. The van der Waals surface area contributed by atoms with Gasteiger partial charge in [0.05, 0.1) is 0 Å². The predicted octanol–water partition coefficient (Wildman–Crippen LogP) is 3.07. The number of aryl methyl sites for hydroxylation is 1. The number of aromatic nitrogens is 1. The predicted molar refractivity (Wildman–Crippen MR) is 86.2 cm³/mol. The summed E-state index contributed by atoms with van der Waals surface area (Å²) in [6.07, 6.45) is 1.62. The van der Waals surface area contributed by atoms with Gasteiger partial charge in [-0.25, -0.2) is 0 Å². The van der Waals surface area contributed by atoms with E-state index in [0.717, 1.165) is 11.3 Å². The minimum Gasteiger partial charge on any atom is -0.383 e. The molecule has 0 bridgehead atoms. The molecule has 104 valence electrons. The van der Waals surface area contributed by atoms with Gasteiger partial charge in [0.1, 0.15) is 10.7 Å².